The molecule has 0 saturated heterocycles. The molecule has 1 aromatic rings. The van der Waals surface area contributed by atoms with Gasteiger partial charge in [-0.15, -0.1) is 0 Å². The van der Waals surface area contributed by atoms with Gasteiger partial charge in [0.15, 0.2) is 0 Å². The number of nitrogens with zero attached hydrogens (tertiary/aromatic N) is 1. The summed E-state index contributed by atoms with van der Waals surface area (Å²) in [6, 6.07) is 7.71. The van der Waals surface area contributed by atoms with Gasteiger partial charge in [0.2, 0.25) is 5.23 Å². The molecule has 5 heteroatoms. The van der Waals surface area contributed by atoms with E-state index >= 15 is 0 Å². The Morgan fingerprint density at radius 2 is 1.81 bits per heavy atom. The maximum absolute atomic E-state index is 5.73. The molecule has 2 rings (SSSR count). The summed E-state index contributed by atoms with van der Waals surface area (Å²) < 4.78 is 17.1. The van der Waals surface area contributed by atoms with Crippen LogP contribution in [0.3, 0.4) is 0 Å². The third kappa shape index (κ3) is 5.50. The third-order valence-electron chi connectivity index (χ3n) is 3.08. The van der Waals surface area contributed by atoms with Gasteiger partial charge >= 0.3 is 0 Å². The van der Waals surface area contributed by atoms with Crippen molar-refractivity contribution in [2.45, 2.75) is 39.4 Å². The second kappa shape index (κ2) is 8.17. The smallest absolute Gasteiger partial charge is 0.246 e. The molecule has 0 radical (unpaired) electrons. The Morgan fingerprint density at radius 3 is 2.43 bits per heavy atom. The van der Waals surface area contributed by atoms with Crippen LogP contribution < -0.4 is 9.47 Å². The van der Waals surface area contributed by atoms with Gasteiger partial charge in [-0.1, -0.05) is 18.7 Å². The van der Waals surface area contributed by atoms with Gasteiger partial charge < -0.3 is 14.2 Å². The van der Waals surface area contributed by atoms with E-state index in [2.05, 4.69) is 18.8 Å². The van der Waals surface area contributed by atoms with Crippen LogP contribution in [0.5, 0.6) is 11.5 Å². The van der Waals surface area contributed by atoms with Gasteiger partial charge in [-0.05, 0) is 44.5 Å². The van der Waals surface area contributed by atoms with Crippen molar-refractivity contribution in [1.82, 2.24) is 0 Å². The molecule has 1 aromatic carbocycles. The molecule has 116 valence electrons. The predicted octanol–water partition coefficient (Wildman–Crippen LogP) is 3.75. The SMILES string of the molecule is CCC(C)Oc1ccc(OCC(C)OC2=NCCS2)cc1. The van der Waals surface area contributed by atoms with Crippen molar-refractivity contribution in [2.75, 3.05) is 18.9 Å². The highest BCUT2D eigenvalue weighted by Gasteiger charge is 2.13. The van der Waals surface area contributed by atoms with E-state index in [1.165, 1.54) is 0 Å². The van der Waals surface area contributed by atoms with Crippen LogP contribution in [0.25, 0.3) is 0 Å². The lowest BCUT2D eigenvalue weighted by molar-refractivity contribution is 0.137. The fourth-order valence-corrected chi connectivity index (χ4v) is 2.51. The highest BCUT2D eigenvalue weighted by atomic mass is 32.2. The van der Waals surface area contributed by atoms with Gasteiger partial charge in [-0.3, -0.25) is 0 Å². The third-order valence-corrected chi connectivity index (χ3v) is 3.94. The molecule has 2 unspecified atom stereocenters. The molecule has 1 aliphatic heterocycles. The minimum absolute atomic E-state index is 0.00890. The zero-order valence-electron chi connectivity index (χ0n) is 12.9. The molecule has 0 aromatic heterocycles. The number of thioether (sulfide) groups is 1. The van der Waals surface area contributed by atoms with Gasteiger partial charge in [0, 0.05) is 5.75 Å². The molecule has 0 aliphatic carbocycles. The van der Waals surface area contributed by atoms with Crippen LogP contribution in [0.4, 0.5) is 0 Å². The minimum Gasteiger partial charge on any atom is -0.491 e. The first-order valence-corrected chi connectivity index (χ1v) is 8.39. The summed E-state index contributed by atoms with van der Waals surface area (Å²) in [5.41, 5.74) is 0. The van der Waals surface area contributed by atoms with Gasteiger partial charge in [-0.2, -0.15) is 0 Å². The van der Waals surface area contributed by atoms with Crippen LogP contribution in [-0.4, -0.2) is 36.3 Å². The normalized spacial score (nSPS) is 17.0. The molecule has 0 spiro atoms. The average Bonchev–Trinajstić information content (AvgIpc) is 2.99. The van der Waals surface area contributed by atoms with Crippen LogP contribution in [-0.2, 0) is 4.74 Å². The number of hydrogen-bond acceptors (Lipinski definition) is 5. The molecule has 0 N–H and O–H groups in total. The van der Waals surface area contributed by atoms with E-state index in [0.717, 1.165) is 35.4 Å². The van der Waals surface area contributed by atoms with Gasteiger partial charge in [0.1, 0.15) is 24.2 Å². The lowest BCUT2D eigenvalue weighted by Gasteiger charge is -2.16. The van der Waals surface area contributed by atoms with Gasteiger partial charge in [0.05, 0.1) is 12.6 Å². The molecule has 0 fully saturated rings. The standard InChI is InChI=1S/C16H23NO3S/c1-4-12(2)19-15-7-5-14(6-8-15)18-11-13(3)20-16-17-9-10-21-16/h5-8,12-13H,4,9-11H2,1-3H3. The number of aliphatic imine (C=N–C) groups is 1. The molecular weight excluding hydrogens is 286 g/mol. The van der Waals surface area contributed by atoms with E-state index in [1.807, 2.05) is 31.2 Å². The Balaban J connectivity index is 1.75. The van der Waals surface area contributed by atoms with Crippen molar-refractivity contribution in [3.05, 3.63) is 24.3 Å². The van der Waals surface area contributed by atoms with Crippen molar-refractivity contribution >= 4 is 17.0 Å². The highest BCUT2D eigenvalue weighted by molar-refractivity contribution is 8.13. The van der Waals surface area contributed by atoms with Crippen LogP contribution in [0.15, 0.2) is 29.3 Å². The Labute approximate surface area is 130 Å². The molecule has 1 heterocycles. The monoisotopic (exact) mass is 309 g/mol. The first kappa shape index (κ1) is 16.0. The second-order valence-electron chi connectivity index (χ2n) is 5.04. The molecule has 0 saturated carbocycles. The number of benzene rings is 1. The summed E-state index contributed by atoms with van der Waals surface area (Å²) >= 11 is 1.66. The van der Waals surface area contributed by atoms with E-state index in [4.69, 9.17) is 14.2 Å². The average molecular weight is 309 g/mol. The second-order valence-corrected chi connectivity index (χ2v) is 6.09. The number of ether oxygens (including phenoxy) is 3. The maximum atomic E-state index is 5.73. The van der Waals surface area contributed by atoms with Crippen molar-refractivity contribution in [2.24, 2.45) is 4.99 Å². The summed E-state index contributed by atoms with van der Waals surface area (Å²) in [7, 11) is 0. The number of hydrogen-bond donors (Lipinski definition) is 0. The van der Waals surface area contributed by atoms with Crippen LogP contribution >= 0.6 is 11.8 Å². The summed E-state index contributed by atoms with van der Waals surface area (Å²) in [4.78, 5) is 4.26. The van der Waals surface area contributed by atoms with Crippen LogP contribution in [0.1, 0.15) is 27.2 Å². The minimum atomic E-state index is -0.00890. The summed E-state index contributed by atoms with van der Waals surface area (Å²) in [5.74, 6) is 2.71. The van der Waals surface area contributed by atoms with Crippen LogP contribution in [0.2, 0.25) is 0 Å². The van der Waals surface area contributed by atoms with Crippen LogP contribution in [0, 0.1) is 0 Å². The largest absolute Gasteiger partial charge is 0.491 e. The summed E-state index contributed by atoms with van der Waals surface area (Å²) in [6.45, 7) is 7.52. The molecule has 0 amide bonds. The zero-order chi connectivity index (χ0) is 15.1. The Hall–Kier alpha value is -1.36. The maximum Gasteiger partial charge on any atom is 0.246 e. The summed E-state index contributed by atoms with van der Waals surface area (Å²) in [5, 5.41) is 0.781. The van der Waals surface area contributed by atoms with E-state index in [-0.39, 0.29) is 12.2 Å². The van der Waals surface area contributed by atoms with E-state index < -0.39 is 0 Å². The Bertz CT molecular complexity index is 461. The van der Waals surface area contributed by atoms with E-state index in [0.29, 0.717) is 6.61 Å². The van der Waals surface area contributed by atoms with Crippen molar-refractivity contribution < 1.29 is 14.2 Å². The quantitative estimate of drug-likeness (QED) is 0.769. The number of rotatable bonds is 7. The fraction of sp³-hybridized carbons (Fsp3) is 0.562. The van der Waals surface area contributed by atoms with E-state index in [9.17, 15) is 0 Å². The molecule has 2 atom stereocenters. The summed E-state index contributed by atoms with van der Waals surface area (Å²) in [6.07, 6.45) is 1.22. The molecule has 4 nitrogen and oxygen atoms in total. The van der Waals surface area contributed by atoms with Crippen molar-refractivity contribution in [1.29, 1.82) is 0 Å². The zero-order valence-corrected chi connectivity index (χ0v) is 13.7. The van der Waals surface area contributed by atoms with E-state index in [1.54, 1.807) is 11.8 Å². The van der Waals surface area contributed by atoms with Crippen molar-refractivity contribution in [3.63, 3.8) is 0 Å². The van der Waals surface area contributed by atoms with Gasteiger partial charge in [-0.25, -0.2) is 4.99 Å². The first-order chi connectivity index (χ1) is 10.2. The topological polar surface area (TPSA) is 40.0 Å². The Morgan fingerprint density at radius 1 is 1.10 bits per heavy atom. The first-order valence-electron chi connectivity index (χ1n) is 7.40. The highest BCUT2D eigenvalue weighted by Crippen LogP contribution is 2.20. The Kier molecular flexibility index (Phi) is 6.23. The molecular formula is C16H23NO3S. The fourth-order valence-electron chi connectivity index (χ4n) is 1.74. The molecule has 0 bridgehead atoms. The molecule has 1 aliphatic rings. The molecule has 21 heavy (non-hydrogen) atoms. The van der Waals surface area contributed by atoms with Gasteiger partial charge in [0.25, 0.3) is 0 Å². The lowest BCUT2D eigenvalue weighted by Crippen LogP contribution is -2.20. The predicted molar refractivity (Wildman–Crippen MR) is 87.6 cm³/mol. The lowest BCUT2D eigenvalue weighted by atomic mass is 10.3. The van der Waals surface area contributed by atoms with Crippen molar-refractivity contribution in [3.8, 4) is 11.5 Å².